The van der Waals surface area contributed by atoms with E-state index in [4.69, 9.17) is 4.74 Å². The van der Waals surface area contributed by atoms with Crippen LogP contribution in [0.4, 0.5) is 0 Å². The van der Waals surface area contributed by atoms with Gasteiger partial charge in [0.05, 0.1) is 12.2 Å². The third-order valence-corrected chi connectivity index (χ3v) is 3.04. The van der Waals surface area contributed by atoms with Gasteiger partial charge >= 0.3 is 0 Å². The highest BCUT2D eigenvalue weighted by molar-refractivity contribution is 8.14. The molecule has 1 heterocycles. The minimum absolute atomic E-state index is 0.223. The summed E-state index contributed by atoms with van der Waals surface area (Å²) in [5, 5.41) is 0.697. The lowest BCUT2D eigenvalue weighted by Crippen LogP contribution is -2.31. The van der Waals surface area contributed by atoms with Gasteiger partial charge in [-0.25, -0.2) is 0 Å². The zero-order valence-corrected chi connectivity index (χ0v) is 8.69. The average molecular weight is 188 g/mol. The van der Waals surface area contributed by atoms with E-state index in [2.05, 4.69) is 13.8 Å². The van der Waals surface area contributed by atoms with E-state index in [1.165, 1.54) is 11.8 Å². The van der Waals surface area contributed by atoms with Gasteiger partial charge in [-0.2, -0.15) is 0 Å². The number of hydrogen-bond donors (Lipinski definition) is 0. The minimum Gasteiger partial charge on any atom is -0.375 e. The number of hydrogen-bond acceptors (Lipinski definition) is 3. The minimum atomic E-state index is 0.223. The van der Waals surface area contributed by atoms with Crippen molar-refractivity contribution in [3.8, 4) is 0 Å². The van der Waals surface area contributed by atoms with Crippen LogP contribution in [0.3, 0.4) is 0 Å². The van der Waals surface area contributed by atoms with Crippen LogP contribution in [0.25, 0.3) is 0 Å². The van der Waals surface area contributed by atoms with Crippen molar-refractivity contribution in [1.82, 2.24) is 0 Å². The van der Waals surface area contributed by atoms with Crippen molar-refractivity contribution in [2.45, 2.75) is 51.1 Å². The second-order valence-corrected chi connectivity index (χ2v) is 4.94. The Kier molecular flexibility index (Phi) is 3.59. The van der Waals surface area contributed by atoms with Crippen molar-refractivity contribution in [3.05, 3.63) is 0 Å². The zero-order valence-electron chi connectivity index (χ0n) is 7.87. The fourth-order valence-corrected chi connectivity index (χ4v) is 2.88. The van der Waals surface area contributed by atoms with Gasteiger partial charge < -0.3 is 4.74 Å². The van der Waals surface area contributed by atoms with Gasteiger partial charge in [-0.15, -0.1) is 0 Å². The Balaban J connectivity index is 2.38. The Bertz CT molecular complexity index is 160. The molecule has 0 saturated carbocycles. The number of carbonyl (C=O) groups is 1. The molecule has 1 fully saturated rings. The highest BCUT2D eigenvalue weighted by Crippen LogP contribution is 2.28. The highest BCUT2D eigenvalue weighted by Gasteiger charge is 2.25. The van der Waals surface area contributed by atoms with E-state index in [9.17, 15) is 4.79 Å². The monoisotopic (exact) mass is 188 g/mol. The van der Waals surface area contributed by atoms with Gasteiger partial charge in [0.1, 0.15) is 0 Å². The molecule has 0 amide bonds. The topological polar surface area (TPSA) is 26.3 Å². The molecular formula is C9H16O2S. The SMILES string of the molecule is CC(=O)SC1CC(C)OC(C)C1. The number of thioether (sulfide) groups is 1. The fraction of sp³-hybridized carbons (Fsp3) is 0.889. The highest BCUT2D eigenvalue weighted by atomic mass is 32.2. The van der Waals surface area contributed by atoms with Crippen LogP contribution in [0.2, 0.25) is 0 Å². The molecule has 0 bridgehead atoms. The Morgan fingerprint density at radius 2 is 1.83 bits per heavy atom. The second-order valence-electron chi connectivity index (χ2n) is 3.46. The standard InChI is InChI=1S/C9H16O2S/c1-6-4-9(12-8(3)10)5-7(2)11-6/h6-7,9H,4-5H2,1-3H3. The van der Waals surface area contributed by atoms with Crippen LogP contribution in [-0.4, -0.2) is 22.6 Å². The summed E-state index contributed by atoms with van der Waals surface area (Å²) in [6.07, 6.45) is 2.64. The maximum atomic E-state index is 10.8. The Labute approximate surface area is 78.1 Å². The summed E-state index contributed by atoms with van der Waals surface area (Å²) < 4.78 is 5.57. The summed E-state index contributed by atoms with van der Waals surface area (Å²) >= 11 is 1.46. The van der Waals surface area contributed by atoms with Gasteiger partial charge in [0.2, 0.25) is 0 Å². The quantitative estimate of drug-likeness (QED) is 0.631. The van der Waals surface area contributed by atoms with Crippen molar-refractivity contribution in [1.29, 1.82) is 0 Å². The van der Waals surface area contributed by atoms with Crippen LogP contribution in [-0.2, 0) is 9.53 Å². The van der Waals surface area contributed by atoms with E-state index in [1.807, 2.05) is 0 Å². The lowest BCUT2D eigenvalue weighted by Gasteiger charge is -2.30. The first-order valence-corrected chi connectivity index (χ1v) is 5.28. The third-order valence-electron chi connectivity index (χ3n) is 1.99. The molecule has 2 nitrogen and oxygen atoms in total. The van der Waals surface area contributed by atoms with Gasteiger partial charge in [0, 0.05) is 12.2 Å². The molecule has 0 radical (unpaired) electrons. The maximum Gasteiger partial charge on any atom is 0.186 e. The molecule has 0 spiro atoms. The zero-order chi connectivity index (χ0) is 9.14. The predicted octanol–water partition coefficient (Wildman–Crippen LogP) is 2.22. The molecule has 2 atom stereocenters. The van der Waals surface area contributed by atoms with Gasteiger partial charge in [0.25, 0.3) is 0 Å². The fourth-order valence-electron chi connectivity index (χ4n) is 1.68. The summed E-state index contributed by atoms with van der Waals surface area (Å²) in [5.74, 6) is 0. The van der Waals surface area contributed by atoms with E-state index in [0.29, 0.717) is 17.5 Å². The summed E-state index contributed by atoms with van der Waals surface area (Å²) in [7, 11) is 0. The first kappa shape index (κ1) is 10.1. The normalized spacial score (nSPS) is 36.4. The predicted molar refractivity (Wildman–Crippen MR) is 51.3 cm³/mol. The Morgan fingerprint density at radius 3 is 2.25 bits per heavy atom. The van der Waals surface area contributed by atoms with E-state index in [1.54, 1.807) is 6.92 Å². The van der Waals surface area contributed by atoms with Crippen molar-refractivity contribution in [2.75, 3.05) is 0 Å². The molecule has 3 heteroatoms. The smallest absolute Gasteiger partial charge is 0.186 e. The Hall–Kier alpha value is -0.0200. The van der Waals surface area contributed by atoms with Crippen molar-refractivity contribution >= 4 is 16.9 Å². The molecule has 0 aromatic heterocycles. The molecule has 70 valence electrons. The van der Waals surface area contributed by atoms with Gasteiger partial charge in [-0.05, 0) is 26.7 Å². The van der Waals surface area contributed by atoms with Gasteiger partial charge in [-0.3, -0.25) is 4.79 Å². The molecule has 0 aliphatic carbocycles. The molecule has 0 aromatic carbocycles. The molecule has 0 N–H and O–H groups in total. The molecule has 1 saturated heterocycles. The van der Waals surface area contributed by atoms with Crippen molar-refractivity contribution < 1.29 is 9.53 Å². The molecule has 1 aliphatic heterocycles. The number of ether oxygens (including phenoxy) is 1. The molecule has 12 heavy (non-hydrogen) atoms. The summed E-state index contributed by atoms with van der Waals surface area (Å²) in [5.41, 5.74) is 0. The number of rotatable bonds is 1. The molecule has 1 rings (SSSR count). The van der Waals surface area contributed by atoms with Gasteiger partial charge in [0.15, 0.2) is 5.12 Å². The average Bonchev–Trinajstić information content (AvgIpc) is 1.81. The van der Waals surface area contributed by atoms with Gasteiger partial charge in [-0.1, -0.05) is 11.8 Å². The molecule has 2 unspecified atom stereocenters. The van der Waals surface area contributed by atoms with Crippen LogP contribution in [0.5, 0.6) is 0 Å². The van der Waals surface area contributed by atoms with Crippen LogP contribution in [0, 0.1) is 0 Å². The van der Waals surface area contributed by atoms with E-state index in [-0.39, 0.29) is 5.12 Å². The molecular weight excluding hydrogens is 172 g/mol. The van der Waals surface area contributed by atoms with E-state index < -0.39 is 0 Å². The van der Waals surface area contributed by atoms with E-state index >= 15 is 0 Å². The lowest BCUT2D eigenvalue weighted by molar-refractivity contribution is -0.109. The van der Waals surface area contributed by atoms with Crippen molar-refractivity contribution in [3.63, 3.8) is 0 Å². The van der Waals surface area contributed by atoms with Crippen molar-refractivity contribution in [2.24, 2.45) is 0 Å². The van der Waals surface area contributed by atoms with Crippen LogP contribution in [0.15, 0.2) is 0 Å². The Morgan fingerprint density at radius 1 is 1.33 bits per heavy atom. The van der Waals surface area contributed by atoms with Crippen LogP contribution >= 0.6 is 11.8 Å². The summed E-state index contributed by atoms with van der Waals surface area (Å²) in [6, 6.07) is 0. The van der Waals surface area contributed by atoms with Crippen LogP contribution in [0.1, 0.15) is 33.6 Å². The third kappa shape index (κ3) is 3.15. The number of carbonyl (C=O) groups excluding carboxylic acids is 1. The molecule has 0 aromatic rings. The van der Waals surface area contributed by atoms with Crippen LogP contribution < -0.4 is 0 Å². The summed E-state index contributed by atoms with van der Waals surface area (Å²) in [6.45, 7) is 5.78. The van der Waals surface area contributed by atoms with E-state index in [0.717, 1.165) is 12.8 Å². The largest absolute Gasteiger partial charge is 0.375 e. The first-order valence-electron chi connectivity index (χ1n) is 4.40. The summed E-state index contributed by atoms with van der Waals surface area (Å²) in [4.78, 5) is 10.8. The first-order chi connectivity index (χ1) is 5.58. The lowest BCUT2D eigenvalue weighted by atomic mass is 10.1. The second kappa shape index (κ2) is 4.28. The maximum absolute atomic E-state index is 10.8. The molecule has 1 aliphatic rings.